The van der Waals surface area contributed by atoms with Gasteiger partial charge in [-0.2, -0.15) is 5.26 Å². The number of benzene rings is 1. The summed E-state index contributed by atoms with van der Waals surface area (Å²) in [5, 5.41) is 20.1. The quantitative estimate of drug-likeness (QED) is 0.876. The van der Waals surface area contributed by atoms with E-state index in [1.54, 1.807) is 26.0 Å². The van der Waals surface area contributed by atoms with Crippen molar-refractivity contribution in [2.75, 3.05) is 0 Å². The Hall–Kier alpha value is -2.58. The summed E-state index contributed by atoms with van der Waals surface area (Å²) >= 11 is 6.06. The normalized spacial score (nSPS) is 10.9. The molecule has 5 nitrogen and oxygen atoms in total. The zero-order valence-corrected chi connectivity index (χ0v) is 13.8. The van der Waals surface area contributed by atoms with Gasteiger partial charge in [-0.1, -0.05) is 17.7 Å². The number of halogens is 1. The molecule has 0 atom stereocenters. The first-order valence-electron chi connectivity index (χ1n) is 7.07. The number of aliphatic imine (C=N–C) groups is 1. The summed E-state index contributed by atoms with van der Waals surface area (Å²) in [5.41, 5.74) is 1.82. The summed E-state index contributed by atoms with van der Waals surface area (Å²) in [6, 6.07) is 7.24. The Balaban J connectivity index is 2.59. The molecule has 0 saturated carbocycles. The van der Waals surface area contributed by atoms with Gasteiger partial charge in [-0.25, -0.2) is 0 Å². The largest absolute Gasteiger partial charge is 0.494 e. The number of hydrogen-bond donors (Lipinski definition) is 1. The van der Waals surface area contributed by atoms with Crippen LogP contribution in [0.4, 0.5) is 5.69 Å². The average molecular weight is 330 g/mol. The van der Waals surface area contributed by atoms with E-state index in [4.69, 9.17) is 11.6 Å². The van der Waals surface area contributed by atoms with Crippen LogP contribution in [0.2, 0.25) is 5.02 Å². The van der Waals surface area contributed by atoms with Gasteiger partial charge >= 0.3 is 0 Å². The number of aromatic hydroxyl groups is 1. The Bertz CT molecular complexity index is 892. The molecule has 0 saturated heterocycles. The number of pyridine rings is 1. The lowest BCUT2D eigenvalue weighted by Gasteiger charge is -2.12. The van der Waals surface area contributed by atoms with Crippen molar-refractivity contribution in [2.45, 2.75) is 27.3 Å². The maximum atomic E-state index is 12.1. The Morgan fingerprint density at radius 3 is 2.70 bits per heavy atom. The molecule has 0 bridgehead atoms. The second-order valence-electron chi connectivity index (χ2n) is 5.09. The Morgan fingerprint density at radius 2 is 2.13 bits per heavy atom. The molecule has 0 amide bonds. The zero-order valence-electron chi connectivity index (χ0n) is 13.1. The predicted octanol–water partition coefficient (Wildman–Crippen LogP) is 3.47. The number of nitriles is 1. The molecule has 0 fully saturated rings. The van der Waals surface area contributed by atoms with Crippen molar-refractivity contribution in [3.63, 3.8) is 0 Å². The van der Waals surface area contributed by atoms with Crippen LogP contribution in [0, 0.1) is 25.2 Å². The minimum absolute atomic E-state index is 0.00744. The fourth-order valence-corrected chi connectivity index (χ4v) is 2.39. The highest BCUT2D eigenvalue weighted by atomic mass is 35.5. The summed E-state index contributed by atoms with van der Waals surface area (Å²) in [6.45, 7) is 5.49. The summed E-state index contributed by atoms with van der Waals surface area (Å²) < 4.78 is 1.15. The van der Waals surface area contributed by atoms with Crippen molar-refractivity contribution in [3.05, 3.63) is 55.8 Å². The first kappa shape index (κ1) is 16.8. The van der Waals surface area contributed by atoms with Crippen molar-refractivity contribution in [3.8, 4) is 11.9 Å². The highest BCUT2D eigenvalue weighted by molar-refractivity contribution is 6.31. The molecule has 1 aromatic carbocycles. The van der Waals surface area contributed by atoms with E-state index < -0.39 is 5.56 Å². The fourth-order valence-electron chi connectivity index (χ4n) is 2.22. The third kappa shape index (κ3) is 3.13. The number of aromatic nitrogens is 1. The molecule has 0 aliphatic rings. The molecule has 23 heavy (non-hydrogen) atoms. The summed E-state index contributed by atoms with van der Waals surface area (Å²) in [5.74, 6) is -0.198. The van der Waals surface area contributed by atoms with Gasteiger partial charge in [0.15, 0.2) is 0 Å². The molecule has 1 heterocycles. The van der Waals surface area contributed by atoms with Crippen LogP contribution in [-0.2, 0) is 6.54 Å². The molecule has 2 rings (SSSR count). The van der Waals surface area contributed by atoms with Gasteiger partial charge in [-0.15, -0.1) is 0 Å². The molecule has 0 aliphatic heterocycles. The second-order valence-corrected chi connectivity index (χ2v) is 5.50. The van der Waals surface area contributed by atoms with Crippen LogP contribution in [0.3, 0.4) is 0 Å². The van der Waals surface area contributed by atoms with Gasteiger partial charge in [-0.05, 0) is 44.0 Å². The second kappa shape index (κ2) is 6.67. The Kier molecular flexibility index (Phi) is 4.87. The van der Waals surface area contributed by atoms with E-state index in [9.17, 15) is 15.2 Å². The first-order chi connectivity index (χ1) is 10.9. The topological polar surface area (TPSA) is 78.4 Å². The van der Waals surface area contributed by atoms with Crippen molar-refractivity contribution in [1.82, 2.24) is 4.57 Å². The fraction of sp³-hybridized carbons (Fsp3) is 0.235. The third-order valence-electron chi connectivity index (χ3n) is 3.66. The molecule has 0 aliphatic carbocycles. The van der Waals surface area contributed by atoms with Crippen molar-refractivity contribution in [1.29, 1.82) is 5.26 Å². The number of aryl methyl sites for hydroxylation is 1. The van der Waals surface area contributed by atoms with Crippen LogP contribution in [-0.4, -0.2) is 15.9 Å². The zero-order chi connectivity index (χ0) is 17.1. The van der Waals surface area contributed by atoms with E-state index in [0.717, 1.165) is 10.1 Å². The maximum absolute atomic E-state index is 12.1. The lowest BCUT2D eigenvalue weighted by Crippen LogP contribution is -2.24. The Morgan fingerprint density at radius 1 is 1.43 bits per heavy atom. The number of rotatable bonds is 3. The van der Waals surface area contributed by atoms with Crippen LogP contribution in [0.25, 0.3) is 0 Å². The maximum Gasteiger partial charge on any atom is 0.271 e. The van der Waals surface area contributed by atoms with Crippen LogP contribution in [0.5, 0.6) is 5.88 Å². The first-order valence-corrected chi connectivity index (χ1v) is 7.45. The van der Waals surface area contributed by atoms with Gasteiger partial charge in [0.05, 0.1) is 11.3 Å². The molecule has 2 aromatic rings. The monoisotopic (exact) mass is 329 g/mol. The van der Waals surface area contributed by atoms with E-state index in [2.05, 4.69) is 4.99 Å². The summed E-state index contributed by atoms with van der Waals surface area (Å²) in [6.07, 6.45) is 1.44. The molecule has 0 radical (unpaired) electrons. The smallest absolute Gasteiger partial charge is 0.271 e. The molecule has 6 heteroatoms. The van der Waals surface area contributed by atoms with Gasteiger partial charge in [0.25, 0.3) is 5.56 Å². The molecule has 0 unspecified atom stereocenters. The molecule has 1 aromatic heterocycles. The van der Waals surface area contributed by atoms with Crippen LogP contribution in [0.15, 0.2) is 28.0 Å². The predicted molar refractivity (Wildman–Crippen MR) is 90.9 cm³/mol. The summed E-state index contributed by atoms with van der Waals surface area (Å²) in [7, 11) is 0. The van der Waals surface area contributed by atoms with Gasteiger partial charge in [-0.3, -0.25) is 14.4 Å². The highest BCUT2D eigenvalue weighted by Crippen LogP contribution is 2.24. The van der Waals surface area contributed by atoms with Crippen molar-refractivity contribution in [2.24, 2.45) is 4.99 Å². The van der Waals surface area contributed by atoms with Crippen molar-refractivity contribution >= 4 is 23.5 Å². The molecule has 118 valence electrons. The average Bonchev–Trinajstić information content (AvgIpc) is 2.51. The van der Waals surface area contributed by atoms with Crippen LogP contribution >= 0.6 is 11.6 Å². The van der Waals surface area contributed by atoms with Gasteiger partial charge in [0, 0.05) is 17.8 Å². The lowest BCUT2D eigenvalue weighted by molar-refractivity contribution is 0.409. The third-order valence-corrected chi connectivity index (χ3v) is 4.07. The van der Waals surface area contributed by atoms with Gasteiger partial charge < -0.3 is 5.11 Å². The van der Waals surface area contributed by atoms with E-state index in [1.807, 2.05) is 19.1 Å². The van der Waals surface area contributed by atoms with Gasteiger partial charge in [0.2, 0.25) is 5.88 Å². The van der Waals surface area contributed by atoms with E-state index in [0.29, 0.717) is 21.8 Å². The van der Waals surface area contributed by atoms with E-state index in [1.165, 1.54) is 6.21 Å². The SMILES string of the molecule is CCn1c(O)c(C=Nc2ccc(C)c(Cl)c2)c(C)c(C#N)c1=O. The number of nitrogens with zero attached hydrogens (tertiary/aromatic N) is 3. The minimum atomic E-state index is -0.500. The van der Waals surface area contributed by atoms with E-state index >= 15 is 0 Å². The van der Waals surface area contributed by atoms with Crippen molar-refractivity contribution < 1.29 is 5.11 Å². The molecular formula is C17H16ClN3O2. The summed E-state index contributed by atoms with van der Waals surface area (Å²) in [4.78, 5) is 16.4. The highest BCUT2D eigenvalue weighted by Gasteiger charge is 2.16. The molecule has 0 spiro atoms. The van der Waals surface area contributed by atoms with Crippen LogP contribution in [0.1, 0.15) is 29.2 Å². The lowest BCUT2D eigenvalue weighted by atomic mass is 10.1. The Labute approximate surface area is 139 Å². The molecule has 1 N–H and O–H groups in total. The van der Waals surface area contributed by atoms with Gasteiger partial charge in [0.1, 0.15) is 11.6 Å². The standard InChI is InChI=1S/C17H16ClN3O2/c1-4-21-16(22)13(8-19)11(3)14(17(21)23)9-20-12-6-5-10(2)15(18)7-12/h5-7,9,23H,4H2,1-3H3. The van der Waals surface area contributed by atoms with E-state index in [-0.39, 0.29) is 18.0 Å². The number of hydrogen-bond acceptors (Lipinski definition) is 4. The minimum Gasteiger partial charge on any atom is -0.494 e. The van der Waals surface area contributed by atoms with Crippen LogP contribution < -0.4 is 5.56 Å². The molecular weight excluding hydrogens is 314 g/mol.